The van der Waals surface area contributed by atoms with Crippen LogP contribution in [0.3, 0.4) is 0 Å². The van der Waals surface area contributed by atoms with Crippen molar-refractivity contribution in [1.82, 2.24) is 4.31 Å². The number of piperidine rings is 1. The van der Waals surface area contributed by atoms with Gasteiger partial charge in [-0.05, 0) is 32.6 Å². The molecular weight excluding hydrogens is 254 g/mol. The second-order valence-electron chi connectivity index (χ2n) is 5.01. The highest BCUT2D eigenvalue weighted by molar-refractivity contribution is 7.89. The number of methoxy groups -OCH3 is 1. The molecule has 2 unspecified atom stereocenters. The molecule has 6 heteroatoms. The lowest BCUT2D eigenvalue weighted by molar-refractivity contribution is 0.131. The predicted octanol–water partition coefficient (Wildman–Crippen LogP) is 0.978. The monoisotopic (exact) mass is 279 g/mol. The fourth-order valence-corrected chi connectivity index (χ4v) is 4.24. The summed E-state index contributed by atoms with van der Waals surface area (Å²) in [6, 6.07) is -0.0358. The van der Waals surface area contributed by atoms with Gasteiger partial charge in [0.25, 0.3) is 0 Å². The van der Waals surface area contributed by atoms with E-state index in [1.54, 1.807) is 18.3 Å². The molecule has 108 valence electrons. The average molecular weight is 279 g/mol. The van der Waals surface area contributed by atoms with Gasteiger partial charge in [-0.1, -0.05) is 6.42 Å². The summed E-state index contributed by atoms with van der Waals surface area (Å²) in [4.78, 5) is 0. The Hall–Kier alpha value is -0.170. The van der Waals surface area contributed by atoms with Gasteiger partial charge in [0, 0.05) is 26.3 Å². The summed E-state index contributed by atoms with van der Waals surface area (Å²) in [7, 11) is -1.63. The topological polar surface area (TPSA) is 66.8 Å². The molecule has 5 nitrogen and oxygen atoms in total. The second kappa shape index (κ2) is 7.43. The zero-order valence-electron chi connectivity index (χ0n) is 11.3. The summed E-state index contributed by atoms with van der Waals surface area (Å²) >= 11 is 0. The number of hydrogen-bond donors (Lipinski definition) is 1. The number of rotatable bonds is 7. The van der Waals surface area contributed by atoms with E-state index in [1.165, 1.54) is 0 Å². The zero-order chi connectivity index (χ0) is 13.6. The Morgan fingerprint density at radius 3 is 2.78 bits per heavy atom. The standard InChI is InChI=1S/C12H25NO4S/c1-11(14)10-12-6-3-4-7-13(12)18(15,16)9-5-8-17-2/h11-12,14H,3-10H2,1-2H3. The van der Waals surface area contributed by atoms with Crippen molar-refractivity contribution in [2.75, 3.05) is 26.0 Å². The third kappa shape index (κ3) is 4.84. The van der Waals surface area contributed by atoms with Gasteiger partial charge >= 0.3 is 0 Å². The van der Waals surface area contributed by atoms with Gasteiger partial charge in [-0.2, -0.15) is 4.31 Å². The van der Waals surface area contributed by atoms with E-state index in [1.807, 2.05) is 0 Å². The van der Waals surface area contributed by atoms with E-state index in [0.717, 1.165) is 19.3 Å². The van der Waals surface area contributed by atoms with Crippen molar-refractivity contribution in [3.8, 4) is 0 Å². The van der Waals surface area contributed by atoms with Crippen LogP contribution in [0.25, 0.3) is 0 Å². The highest BCUT2D eigenvalue weighted by Crippen LogP contribution is 2.24. The Balaban J connectivity index is 2.63. The van der Waals surface area contributed by atoms with Crippen molar-refractivity contribution in [3.05, 3.63) is 0 Å². The van der Waals surface area contributed by atoms with E-state index in [0.29, 0.717) is 26.0 Å². The summed E-state index contributed by atoms with van der Waals surface area (Å²) in [5.41, 5.74) is 0. The number of nitrogens with zero attached hydrogens (tertiary/aromatic N) is 1. The lowest BCUT2D eigenvalue weighted by Crippen LogP contribution is -2.46. The maximum absolute atomic E-state index is 12.2. The molecule has 1 N–H and O–H groups in total. The summed E-state index contributed by atoms with van der Waals surface area (Å²) in [6.45, 7) is 2.77. The van der Waals surface area contributed by atoms with Crippen molar-refractivity contribution in [2.45, 2.75) is 51.2 Å². The van der Waals surface area contributed by atoms with Crippen LogP contribution in [-0.4, -0.2) is 56.0 Å². The fraction of sp³-hybridized carbons (Fsp3) is 1.00. The molecule has 0 saturated carbocycles. The van der Waals surface area contributed by atoms with E-state index in [2.05, 4.69) is 0 Å². The van der Waals surface area contributed by atoms with Crippen LogP contribution in [0, 0.1) is 0 Å². The number of aliphatic hydroxyl groups is 1. The minimum atomic E-state index is -3.21. The minimum Gasteiger partial charge on any atom is -0.393 e. The molecule has 1 rings (SSSR count). The van der Waals surface area contributed by atoms with Crippen molar-refractivity contribution in [3.63, 3.8) is 0 Å². The summed E-state index contributed by atoms with van der Waals surface area (Å²) in [5, 5.41) is 9.46. The fourth-order valence-electron chi connectivity index (χ4n) is 2.47. The first kappa shape index (κ1) is 15.9. The molecule has 1 aliphatic heterocycles. The van der Waals surface area contributed by atoms with E-state index < -0.39 is 16.1 Å². The maximum Gasteiger partial charge on any atom is 0.214 e. The molecule has 18 heavy (non-hydrogen) atoms. The number of hydrogen-bond acceptors (Lipinski definition) is 4. The van der Waals surface area contributed by atoms with Gasteiger partial charge in [-0.25, -0.2) is 8.42 Å². The van der Waals surface area contributed by atoms with E-state index in [-0.39, 0.29) is 11.8 Å². The van der Waals surface area contributed by atoms with Crippen LogP contribution < -0.4 is 0 Å². The highest BCUT2D eigenvalue weighted by Gasteiger charge is 2.32. The predicted molar refractivity (Wildman–Crippen MR) is 70.9 cm³/mol. The van der Waals surface area contributed by atoms with Gasteiger partial charge < -0.3 is 9.84 Å². The normalized spacial score (nSPS) is 24.1. The van der Waals surface area contributed by atoms with Crippen LogP contribution in [0.5, 0.6) is 0 Å². The third-order valence-corrected chi connectivity index (χ3v) is 5.29. The quantitative estimate of drug-likeness (QED) is 0.705. The Kier molecular flexibility index (Phi) is 6.55. The average Bonchev–Trinajstić information content (AvgIpc) is 2.29. The summed E-state index contributed by atoms with van der Waals surface area (Å²) in [6.07, 6.45) is 3.42. The Labute approximate surface area is 110 Å². The van der Waals surface area contributed by atoms with Crippen LogP contribution in [0.1, 0.15) is 39.0 Å². The van der Waals surface area contributed by atoms with Crippen molar-refractivity contribution in [1.29, 1.82) is 0 Å². The van der Waals surface area contributed by atoms with E-state index in [4.69, 9.17) is 4.74 Å². The molecular formula is C12H25NO4S. The van der Waals surface area contributed by atoms with Crippen LogP contribution in [0.2, 0.25) is 0 Å². The molecule has 0 radical (unpaired) electrons. The first-order chi connectivity index (χ1) is 8.47. The number of aliphatic hydroxyl groups excluding tert-OH is 1. The molecule has 0 aromatic carbocycles. The molecule has 0 aromatic rings. The Bertz CT molecular complexity index is 329. The van der Waals surface area contributed by atoms with Crippen LogP contribution in [0.15, 0.2) is 0 Å². The van der Waals surface area contributed by atoms with E-state index >= 15 is 0 Å². The molecule has 1 saturated heterocycles. The molecule has 0 aromatic heterocycles. The van der Waals surface area contributed by atoms with Crippen LogP contribution in [-0.2, 0) is 14.8 Å². The highest BCUT2D eigenvalue weighted by atomic mass is 32.2. The minimum absolute atomic E-state index is 0.0358. The van der Waals surface area contributed by atoms with Gasteiger partial charge in [0.1, 0.15) is 0 Å². The molecule has 1 fully saturated rings. The van der Waals surface area contributed by atoms with Crippen molar-refractivity contribution < 1.29 is 18.3 Å². The first-order valence-electron chi connectivity index (χ1n) is 6.64. The molecule has 1 aliphatic rings. The third-order valence-electron chi connectivity index (χ3n) is 3.29. The van der Waals surface area contributed by atoms with E-state index in [9.17, 15) is 13.5 Å². The molecule has 1 heterocycles. The van der Waals surface area contributed by atoms with Crippen molar-refractivity contribution >= 4 is 10.0 Å². The lowest BCUT2D eigenvalue weighted by atomic mass is 10.00. The van der Waals surface area contributed by atoms with Gasteiger partial charge in [-0.3, -0.25) is 0 Å². The Morgan fingerprint density at radius 2 is 2.17 bits per heavy atom. The number of ether oxygens (including phenoxy) is 1. The Morgan fingerprint density at radius 1 is 1.44 bits per heavy atom. The molecule has 2 atom stereocenters. The van der Waals surface area contributed by atoms with Crippen molar-refractivity contribution in [2.24, 2.45) is 0 Å². The number of sulfonamides is 1. The largest absolute Gasteiger partial charge is 0.393 e. The molecule has 0 amide bonds. The van der Waals surface area contributed by atoms with Crippen LogP contribution >= 0.6 is 0 Å². The molecule has 0 spiro atoms. The second-order valence-corrected chi connectivity index (χ2v) is 7.05. The first-order valence-corrected chi connectivity index (χ1v) is 8.25. The maximum atomic E-state index is 12.2. The lowest BCUT2D eigenvalue weighted by Gasteiger charge is -2.35. The zero-order valence-corrected chi connectivity index (χ0v) is 12.2. The van der Waals surface area contributed by atoms with Gasteiger partial charge in [0.2, 0.25) is 10.0 Å². The molecule has 0 bridgehead atoms. The summed E-state index contributed by atoms with van der Waals surface area (Å²) < 4.78 is 31.0. The van der Waals surface area contributed by atoms with Crippen LogP contribution in [0.4, 0.5) is 0 Å². The summed E-state index contributed by atoms with van der Waals surface area (Å²) in [5.74, 6) is 0.136. The SMILES string of the molecule is COCCCS(=O)(=O)N1CCCCC1CC(C)O. The molecule has 0 aliphatic carbocycles. The van der Waals surface area contributed by atoms with Gasteiger partial charge in [0.05, 0.1) is 11.9 Å². The van der Waals surface area contributed by atoms with Gasteiger partial charge in [0.15, 0.2) is 0 Å². The van der Waals surface area contributed by atoms with Gasteiger partial charge in [-0.15, -0.1) is 0 Å². The smallest absolute Gasteiger partial charge is 0.214 e.